The number of piperidine rings is 1. The number of nitrogens with zero attached hydrogens (tertiary/aromatic N) is 3. The maximum Gasteiger partial charge on any atom is 0.278 e. The topological polar surface area (TPSA) is 119 Å². The van der Waals surface area contributed by atoms with Crippen molar-refractivity contribution in [1.82, 2.24) is 9.29 Å². The number of nitro groups is 1. The van der Waals surface area contributed by atoms with Gasteiger partial charge >= 0.3 is 0 Å². The number of pyridine rings is 1. The number of rotatable bonds is 4. The van der Waals surface area contributed by atoms with E-state index in [2.05, 4.69) is 4.98 Å². The molecule has 1 aromatic carbocycles. The lowest BCUT2D eigenvalue weighted by Crippen LogP contribution is -2.45. The first-order valence-electron chi connectivity index (χ1n) is 8.10. The van der Waals surface area contributed by atoms with Crippen molar-refractivity contribution in [3.63, 3.8) is 0 Å². The van der Waals surface area contributed by atoms with Crippen LogP contribution in [0.25, 0.3) is 10.9 Å². The van der Waals surface area contributed by atoms with Gasteiger partial charge in [0.2, 0.25) is 10.0 Å². The zero-order chi connectivity index (χ0) is 18.2. The van der Waals surface area contributed by atoms with E-state index in [9.17, 15) is 18.5 Å². The Morgan fingerprint density at radius 2 is 2.16 bits per heavy atom. The summed E-state index contributed by atoms with van der Waals surface area (Å²) >= 11 is 0. The fourth-order valence-electron chi connectivity index (χ4n) is 3.26. The quantitative estimate of drug-likeness (QED) is 0.653. The number of benzene rings is 1. The molecular weight excluding hydrogens is 344 g/mol. The lowest BCUT2D eigenvalue weighted by atomic mass is 9.93. The molecule has 2 aromatic rings. The van der Waals surface area contributed by atoms with Crippen LogP contribution >= 0.6 is 0 Å². The van der Waals surface area contributed by atoms with E-state index in [0.29, 0.717) is 13.1 Å². The number of hydrogen-bond acceptors (Lipinski definition) is 6. The van der Waals surface area contributed by atoms with Crippen molar-refractivity contribution in [1.29, 1.82) is 0 Å². The highest BCUT2D eigenvalue weighted by Gasteiger charge is 2.33. The van der Waals surface area contributed by atoms with Gasteiger partial charge in [0.1, 0.15) is 4.90 Å². The van der Waals surface area contributed by atoms with E-state index in [1.54, 1.807) is 6.07 Å². The summed E-state index contributed by atoms with van der Waals surface area (Å²) in [7, 11) is -3.80. The van der Waals surface area contributed by atoms with E-state index in [0.717, 1.165) is 12.8 Å². The normalized spacial score (nSPS) is 20.5. The van der Waals surface area contributed by atoms with Crippen molar-refractivity contribution in [2.24, 2.45) is 11.7 Å². The summed E-state index contributed by atoms with van der Waals surface area (Å²) in [6, 6.07) is 5.48. The Labute approximate surface area is 145 Å². The fraction of sp³-hybridized carbons (Fsp3) is 0.438. The van der Waals surface area contributed by atoms with E-state index in [-0.39, 0.29) is 33.4 Å². The summed E-state index contributed by atoms with van der Waals surface area (Å²) < 4.78 is 27.7. The molecule has 1 aromatic heterocycles. The molecule has 0 spiro atoms. The molecule has 0 aliphatic carbocycles. The van der Waals surface area contributed by atoms with E-state index < -0.39 is 14.9 Å². The van der Waals surface area contributed by atoms with Gasteiger partial charge in [0.25, 0.3) is 5.69 Å². The minimum absolute atomic E-state index is 0.000903. The van der Waals surface area contributed by atoms with E-state index in [1.165, 1.54) is 28.7 Å². The molecule has 134 valence electrons. The zero-order valence-electron chi connectivity index (χ0n) is 13.8. The Morgan fingerprint density at radius 1 is 1.40 bits per heavy atom. The summed E-state index contributed by atoms with van der Waals surface area (Å²) in [6.45, 7) is 2.64. The highest BCUT2D eigenvalue weighted by molar-refractivity contribution is 7.89. The maximum absolute atomic E-state index is 13.1. The third-order valence-electron chi connectivity index (χ3n) is 4.69. The van der Waals surface area contributed by atoms with Crippen LogP contribution in [0.2, 0.25) is 0 Å². The molecule has 8 nitrogen and oxygen atoms in total. The molecule has 3 rings (SSSR count). The molecule has 2 unspecified atom stereocenters. The van der Waals surface area contributed by atoms with Gasteiger partial charge in [-0.2, -0.15) is 4.31 Å². The van der Waals surface area contributed by atoms with Crippen LogP contribution in [0.15, 0.2) is 35.4 Å². The van der Waals surface area contributed by atoms with Crippen LogP contribution in [-0.2, 0) is 10.0 Å². The highest BCUT2D eigenvalue weighted by atomic mass is 32.2. The van der Waals surface area contributed by atoms with Crippen molar-refractivity contribution >= 4 is 26.6 Å². The fourth-order valence-corrected chi connectivity index (χ4v) is 4.94. The third kappa shape index (κ3) is 3.22. The molecule has 1 aliphatic heterocycles. The number of sulfonamides is 1. The van der Waals surface area contributed by atoms with Crippen molar-refractivity contribution in [3.8, 4) is 0 Å². The summed E-state index contributed by atoms with van der Waals surface area (Å²) in [5, 5.41) is 11.4. The van der Waals surface area contributed by atoms with Crippen LogP contribution in [0.4, 0.5) is 5.69 Å². The van der Waals surface area contributed by atoms with E-state index in [4.69, 9.17) is 5.73 Å². The summed E-state index contributed by atoms with van der Waals surface area (Å²) in [5.41, 5.74) is 5.91. The molecule has 2 atom stereocenters. The standard InChI is InChI=1S/C16H20N4O4S/c1-11(17)12-4-3-9-19(10-12)25(23,24)15-7-6-14(20(21)22)13-5-2-8-18-16(13)15/h2,5-8,11-12H,3-4,9-10,17H2,1H3. The van der Waals surface area contributed by atoms with E-state index >= 15 is 0 Å². The minimum Gasteiger partial charge on any atom is -0.328 e. The van der Waals surface area contributed by atoms with Crippen LogP contribution in [0.3, 0.4) is 0 Å². The van der Waals surface area contributed by atoms with Crippen LogP contribution in [0.5, 0.6) is 0 Å². The molecule has 1 fully saturated rings. The summed E-state index contributed by atoms with van der Waals surface area (Å²) in [4.78, 5) is 14.8. The van der Waals surface area contributed by atoms with E-state index in [1.807, 2.05) is 6.92 Å². The molecule has 2 heterocycles. The number of nitrogens with two attached hydrogens (primary N) is 1. The van der Waals surface area contributed by atoms with Crippen LogP contribution in [-0.4, -0.2) is 41.8 Å². The Morgan fingerprint density at radius 3 is 2.84 bits per heavy atom. The van der Waals surface area contributed by atoms with Gasteiger partial charge in [-0.15, -0.1) is 0 Å². The van der Waals surface area contributed by atoms with Gasteiger partial charge < -0.3 is 5.73 Å². The smallest absolute Gasteiger partial charge is 0.278 e. The predicted octanol–water partition coefficient (Wildman–Crippen LogP) is 1.89. The third-order valence-corrected chi connectivity index (χ3v) is 6.59. The molecule has 25 heavy (non-hydrogen) atoms. The Bertz CT molecular complexity index is 913. The SMILES string of the molecule is CC(N)C1CCCN(S(=O)(=O)c2ccc([N+](=O)[O-])c3cccnc23)C1. The van der Waals surface area contributed by atoms with Gasteiger partial charge in [-0.25, -0.2) is 8.42 Å². The summed E-state index contributed by atoms with van der Waals surface area (Å²) in [6.07, 6.45) is 3.07. The lowest BCUT2D eigenvalue weighted by molar-refractivity contribution is -0.383. The average Bonchev–Trinajstić information content (AvgIpc) is 2.60. The second-order valence-corrected chi connectivity index (χ2v) is 8.27. The molecule has 1 saturated heterocycles. The molecular formula is C16H20N4O4S. The first-order chi connectivity index (χ1) is 11.8. The van der Waals surface area contributed by atoms with Gasteiger partial charge in [0.05, 0.1) is 15.8 Å². The molecule has 0 radical (unpaired) electrons. The number of nitro benzene ring substituents is 1. The number of non-ortho nitro benzene ring substituents is 1. The van der Waals surface area contributed by atoms with Gasteiger partial charge in [0.15, 0.2) is 0 Å². The number of hydrogen-bond donors (Lipinski definition) is 1. The summed E-state index contributed by atoms with van der Waals surface area (Å²) in [5.74, 6) is 0.0980. The van der Waals surface area contributed by atoms with Crippen LogP contribution in [0, 0.1) is 16.0 Å². The van der Waals surface area contributed by atoms with Crippen molar-refractivity contribution in [2.45, 2.75) is 30.7 Å². The predicted molar refractivity (Wildman–Crippen MR) is 93.5 cm³/mol. The highest BCUT2D eigenvalue weighted by Crippen LogP contribution is 2.32. The van der Waals surface area contributed by atoms with Gasteiger partial charge in [0, 0.05) is 31.4 Å². The van der Waals surface area contributed by atoms with Crippen LogP contribution < -0.4 is 5.73 Å². The van der Waals surface area contributed by atoms with Crippen molar-refractivity contribution < 1.29 is 13.3 Å². The zero-order valence-corrected chi connectivity index (χ0v) is 14.6. The Hall–Kier alpha value is -2.10. The first kappa shape index (κ1) is 17.7. The van der Waals surface area contributed by atoms with Gasteiger partial charge in [-0.1, -0.05) is 0 Å². The number of aromatic nitrogens is 1. The van der Waals surface area contributed by atoms with Crippen molar-refractivity contribution in [2.75, 3.05) is 13.1 Å². The molecule has 9 heteroatoms. The minimum atomic E-state index is -3.80. The second kappa shape index (κ2) is 6.66. The molecule has 0 amide bonds. The molecule has 0 saturated carbocycles. The molecule has 2 N–H and O–H groups in total. The van der Waals surface area contributed by atoms with Crippen LogP contribution in [0.1, 0.15) is 19.8 Å². The first-order valence-corrected chi connectivity index (χ1v) is 9.54. The monoisotopic (exact) mass is 364 g/mol. The molecule has 0 bridgehead atoms. The Balaban J connectivity index is 2.09. The van der Waals surface area contributed by atoms with Gasteiger partial charge in [-0.3, -0.25) is 15.1 Å². The number of fused-ring (bicyclic) bond motifs is 1. The lowest BCUT2D eigenvalue weighted by Gasteiger charge is -2.33. The molecule has 1 aliphatic rings. The van der Waals surface area contributed by atoms with Gasteiger partial charge in [-0.05, 0) is 43.9 Å². The van der Waals surface area contributed by atoms with Crippen molar-refractivity contribution in [3.05, 3.63) is 40.6 Å². The Kier molecular flexibility index (Phi) is 4.72. The largest absolute Gasteiger partial charge is 0.328 e. The average molecular weight is 364 g/mol. The maximum atomic E-state index is 13.1. The second-order valence-electron chi connectivity index (χ2n) is 6.36.